The summed E-state index contributed by atoms with van der Waals surface area (Å²) in [4.78, 5) is 15.3. The zero-order valence-electron chi connectivity index (χ0n) is 16.1. The number of carbonyl (C=O) groups excluding carboxylic acids is 1. The van der Waals surface area contributed by atoms with Gasteiger partial charge in [-0.25, -0.2) is 0 Å². The van der Waals surface area contributed by atoms with Gasteiger partial charge in [-0.05, 0) is 56.1 Å². The van der Waals surface area contributed by atoms with E-state index in [1.807, 2.05) is 50.1 Å². The summed E-state index contributed by atoms with van der Waals surface area (Å²) in [6.07, 6.45) is 0.825. The number of nitrogens with one attached hydrogen (secondary N) is 1. The first-order valence-electron chi connectivity index (χ1n) is 9.08. The third kappa shape index (κ3) is 2.90. The number of rotatable bonds is 3. The fourth-order valence-electron chi connectivity index (χ4n) is 3.85. The SMILES string of the molecule is COc1c2c(cc3c1C(C(=O)Nc1cccc(C)c1C)N(C)CC3)OCO2. The summed E-state index contributed by atoms with van der Waals surface area (Å²) in [7, 11) is 3.56. The smallest absolute Gasteiger partial charge is 0.246 e. The monoisotopic (exact) mass is 368 g/mol. The van der Waals surface area contributed by atoms with Gasteiger partial charge >= 0.3 is 0 Å². The normalized spacial score (nSPS) is 18.1. The molecule has 4 rings (SSSR count). The highest BCUT2D eigenvalue weighted by molar-refractivity contribution is 5.97. The summed E-state index contributed by atoms with van der Waals surface area (Å²) < 4.78 is 16.8. The molecule has 2 aliphatic rings. The number of benzene rings is 2. The molecule has 0 radical (unpaired) electrons. The van der Waals surface area contributed by atoms with Crippen molar-refractivity contribution >= 4 is 11.6 Å². The second kappa shape index (κ2) is 6.78. The van der Waals surface area contributed by atoms with Crippen molar-refractivity contribution in [2.24, 2.45) is 0 Å². The van der Waals surface area contributed by atoms with Crippen molar-refractivity contribution in [1.82, 2.24) is 4.90 Å². The molecule has 0 aromatic heterocycles. The summed E-state index contributed by atoms with van der Waals surface area (Å²) in [5.41, 5.74) is 4.97. The van der Waals surface area contributed by atoms with Crippen LogP contribution < -0.4 is 19.5 Å². The van der Waals surface area contributed by atoms with Gasteiger partial charge in [0, 0.05) is 17.8 Å². The van der Waals surface area contributed by atoms with E-state index in [0.29, 0.717) is 17.2 Å². The van der Waals surface area contributed by atoms with E-state index in [2.05, 4.69) is 5.32 Å². The molecule has 2 heterocycles. The van der Waals surface area contributed by atoms with Crippen LogP contribution in [-0.4, -0.2) is 38.3 Å². The Kier molecular flexibility index (Phi) is 4.44. The van der Waals surface area contributed by atoms with E-state index in [0.717, 1.165) is 40.9 Å². The molecule has 0 aliphatic carbocycles. The summed E-state index contributed by atoms with van der Waals surface area (Å²) >= 11 is 0. The Morgan fingerprint density at radius 2 is 2.11 bits per heavy atom. The number of nitrogens with zero attached hydrogens (tertiary/aromatic N) is 1. The number of carbonyl (C=O) groups is 1. The predicted octanol–water partition coefficient (Wildman–Crippen LogP) is 3.21. The first-order valence-corrected chi connectivity index (χ1v) is 9.08. The molecule has 0 saturated carbocycles. The maximum absolute atomic E-state index is 13.3. The summed E-state index contributed by atoms with van der Waals surface area (Å²) in [6, 6.07) is 7.44. The van der Waals surface area contributed by atoms with Crippen LogP contribution in [0.15, 0.2) is 24.3 Å². The van der Waals surface area contributed by atoms with Gasteiger partial charge in [-0.15, -0.1) is 0 Å². The molecule has 0 saturated heterocycles. The Morgan fingerprint density at radius 3 is 2.89 bits per heavy atom. The van der Waals surface area contributed by atoms with Crippen molar-refractivity contribution in [3.8, 4) is 17.2 Å². The van der Waals surface area contributed by atoms with E-state index in [9.17, 15) is 4.79 Å². The third-order valence-electron chi connectivity index (χ3n) is 5.51. The van der Waals surface area contributed by atoms with E-state index < -0.39 is 6.04 Å². The molecule has 6 nitrogen and oxygen atoms in total. The van der Waals surface area contributed by atoms with Crippen LogP contribution in [0.3, 0.4) is 0 Å². The minimum absolute atomic E-state index is 0.0793. The number of aryl methyl sites for hydroxylation is 1. The lowest BCUT2D eigenvalue weighted by Gasteiger charge is -2.34. The van der Waals surface area contributed by atoms with Crippen LogP contribution in [-0.2, 0) is 11.2 Å². The molecule has 6 heteroatoms. The number of methoxy groups -OCH3 is 1. The topological polar surface area (TPSA) is 60.0 Å². The fourth-order valence-corrected chi connectivity index (χ4v) is 3.85. The van der Waals surface area contributed by atoms with Crippen molar-refractivity contribution in [2.45, 2.75) is 26.3 Å². The molecule has 142 valence electrons. The molecular weight excluding hydrogens is 344 g/mol. The zero-order valence-corrected chi connectivity index (χ0v) is 16.1. The highest BCUT2D eigenvalue weighted by Crippen LogP contribution is 2.49. The fraction of sp³-hybridized carbons (Fsp3) is 0.381. The minimum atomic E-state index is -0.460. The number of fused-ring (bicyclic) bond motifs is 2. The van der Waals surface area contributed by atoms with Gasteiger partial charge in [-0.3, -0.25) is 9.69 Å². The van der Waals surface area contributed by atoms with Crippen LogP contribution in [0.1, 0.15) is 28.3 Å². The summed E-state index contributed by atoms with van der Waals surface area (Å²) in [5.74, 6) is 1.77. The van der Waals surface area contributed by atoms with Crippen molar-refractivity contribution in [2.75, 3.05) is 32.8 Å². The minimum Gasteiger partial charge on any atom is -0.492 e. The highest BCUT2D eigenvalue weighted by atomic mass is 16.7. The third-order valence-corrected chi connectivity index (χ3v) is 5.51. The molecule has 2 aliphatic heterocycles. The van der Waals surface area contributed by atoms with Gasteiger partial charge in [0.2, 0.25) is 18.4 Å². The quantitative estimate of drug-likeness (QED) is 0.902. The molecule has 27 heavy (non-hydrogen) atoms. The molecule has 0 spiro atoms. The van der Waals surface area contributed by atoms with Crippen LogP contribution in [0.2, 0.25) is 0 Å². The number of ether oxygens (including phenoxy) is 3. The summed E-state index contributed by atoms with van der Waals surface area (Å²) in [6.45, 7) is 5.00. The zero-order chi connectivity index (χ0) is 19.1. The van der Waals surface area contributed by atoms with E-state index in [1.54, 1.807) is 7.11 Å². The molecule has 1 atom stereocenters. The second-order valence-corrected chi connectivity index (χ2v) is 7.09. The van der Waals surface area contributed by atoms with Gasteiger partial charge in [0.1, 0.15) is 6.04 Å². The van der Waals surface area contributed by atoms with E-state index in [4.69, 9.17) is 14.2 Å². The van der Waals surface area contributed by atoms with Crippen molar-refractivity contribution in [3.63, 3.8) is 0 Å². The van der Waals surface area contributed by atoms with Gasteiger partial charge in [-0.2, -0.15) is 0 Å². The largest absolute Gasteiger partial charge is 0.492 e. The van der Waals surface area contributed by atoms with Crippen molar-refractivity contribution < 1.29 is 19.0 Å². The molecule has 2 aromatic rings. The lowest BCUT2D eigenvalue weighted by atomic mass is 9.90. The average molecular weight is 368 g/mol. The summed E-state index contributed by atoms with van der Waals surface area (Å²) in [5, 5.41) is 3.10. The Labute approximate surface area is 159 Å². The standard InChI is InChI=1S/C21H24N2O4/c1-12-6-5-7-15(13(12)2)22-21(24)18-17-14(8-9-23(18)3)10-16-19(20(17)25-4)27-11-26-16/h5-7,10,18H,8-9,11H2,1-4H3,(H,22,24). The maximum atomic E-state index is 13.3. The van der Waals surface area contributed by atoms with Crippen LogP contribution in [0.25, 0.3) is 0 Å². The van der Waals surface area contributed by atoms with Gasteiger partial charge in [0.05, 0.1) is 7.11 Å². The number of anilines is 1. The molecule has 1 unspecified atom stereocenters. The number of likely N-dealkylation sites (N-methyl/N-ethyl adjacent to an activating group) is 1. The van der Waals surface area contributed by atoms with Gasteiger partial charge in [0.15, 0.2) is 11.5 Å². The van der Waals surface area contributed by atoms with E-state index in [-0.39, 0.29) is 12.7 Å². The molecule has 0 bridgehead atoms. The van der Waals surface area contributed by atoms with Crippen molar-refractivity contribution in [1.29, 1.82) is 0 Å². The van der Waals surface area contributed by atoms with E-state index >= 15 is 0 Å². The van der Waals surface area contributed by atoms with Crippen LogP contribution in [0.5, 0.6) is 17.2 Å². The Balaban J connectivity index is 1.76. The van der Waals surface area contributed by atoms with Crippen LogP contribution >= 0.6 is 0 Å². The first-order chi connectivity index (χ1) is 13.0. The van der Waals surface area contributed by atoms with Crippen molar-refractivity contribution in [3.05, 3.63) is 46.5 Å². The van der Waals surface area contributed by atoms with Crippen LogP contribution in [0, 0.1) is 13.8 Å². The molecule has 1 amide bonds. The van der Waals surface area contributed by atoms with Gasteiger partial charge in [-0.1, -0.05) is 12.1 Å². The average Bonchev–Trinajstić information content (AvgIpc) is 3.11. The molecule has 1 N–H and O–H groups in total. The van der Waals surface area contributed by atoms with Gasteiger partial charge in [0.25, 0.3) is 0 Å². The van der Waals surface area contributed by atoms with E-state index in [1.165, 1.54) is 0 Å². The second-order valence-electron chi connectivity index (χ2n) is 7.09. The number of amides is 1. The Hall–Kier alpha value is -2.73. The van der Waals surface area contributed by atoms with Gasteiger partial charge < -0.3 is 19.5 Å². The lowest BCUT2D eigenvalue weighted by molar-refractivity contribution is -0.121. The Bertz CT molecular complexity index is 910. The Morgan fingerprint density at radius 1 is 1.30 bits per heavy atom. The van der Waals surface area contributed by atoms with Crippen LogP contribution in [0.4, 0.5) is 5.69 Å². The number of hydrogen-bond acceptors (Lipinski definition) is 5. The lowest BCUT2D eigenvalue weighted by Crippen LogP contribution is -2.40. The maximum Gasteiger partial charge on any atom is 0.246 e. The highest BCUT2D eigenvalue weighted by Gasteiger charge is 2.37. The number of hydrogen-bond donors (Lipinski definition) is 1. The predicted molar refractivity (Wildman–Crippen MR) is 103 cm³/mol. The molecule has 0 fully saturated rings. The first kappa shape index (κ1) is 17.7. The molecular formula is C21H24N2O4. The molecule has 2 aromatic carbocycles.